The molecular formula is C24H46N4O2. The molecule has 0 aromatic heterocycles. The van der Waals surface area contributed by atoms with E-state index in [1.54, 1.807) is 0 Å². The Labute approximate surface area is 184 Å². The minimum Gasteiger partial charge on any atom is -0.297 e. The molecule has 1 saturated carbocycles. The third-order valence-electron chi connectivity index (χ3n) is 6.85. The second kappa shape index (κ2) is 12.7. The summed E-state index contributed by atoms with van der Waals surface area (Å²) in [5.74, 6) is 0.0481. The molecule has 1 heterocycles. The Bertz CT molecular complexity index is 533. The SMILES string of the molecule is CCCCCCN(C)CN1C(=O)N(CN(C)CCCCCC)C2(CCCCC2)C1=O. The first-order valence-electron chi connectivity index (χ1n) is 12.5. The van der Waals surface area contributed by atoms with Crippen LogP contribution in [-0.4, -0.2) is 77.6 Å². The third-order valence-corrected chi connectivity index (χ3v) is 6.85. The van der Waals surface area contributed by atoms with E-state index in [1.807, 2.05) is 11.9 Å². The Hall–Kier alpha value is -1.14. The van der Waals surface area contributed by atoms with E-state index >= 15 is 0 Å². The van der Waals surface area contributed by atoms with Crippen LogP contribution in [-0.2, 0) is 4.79 Å². The van der Waals surface area contributed by atoms with Crippen LogP contribution in [0.5, 0.6) is 0 Å². The number of urea groups is 1. The highest BCUT2D eigenvalue weighted by Gasteiger charge is 2.57. The van der Waals surface area contributed by atoms with Crippen LogP contribution in [0.1, 0.15) is 97.3 Å². The highest BCUT2D eigenvalue weighted by Crippen LogP contribution is 2.40. The van der Waals surface area contributed by atoms with Crippen LogP contribution in [0.25, 0.3) is 0 Å². The van der Waals surface area contributed by atoms with E-state index in [1.165, 1.54) is 49.8 Å². The van der Waals surface area contributed by atoms with Crippen molar-refractivity contribution in [1.82, 2.24) is 19.6 Å². The topological polar surface area (TPSA) is 47.1 Å². The smallest absolute Gasteiger partial charge is 0.297 e. The zero-order valence-electron chi connectivity index (χ0n) is 20.1. The molecule has 0 bridgehead atoms. The lowest BCUT2D eigenvalue weighted by molar-refractivity contribution is -0.136. The summed E-state index contributed by atoms with van der Waals surface area (Å²) in [7, 11) is 4.12. The second-order valence-corrected chi connectivity index (χ2v) is 9.60. The van der Waals surface area contributed by atoms with E-state index in [4.69, 9.17) is 0 Å². The van der Waals surface area contributed by atoms with Gasteiger partial charge in [0.1, 0.15) is 5.54 Å². The largest absolute Gasteiger partial charge is 0.329 e. The summed E-state index contributed by atoms with van der Waals surface area (Å²) in [4.78, 5) is 34.7. The minimum atomic E-state index is -0.601. The molecule has 30 heavy (non-hydrogen) atoms. The number of carbonyl (C=O) groups excluding carboxylic acids is 2. The summed E-state index contributed by atoms with van der Waals surface area (Å²) in [6.07, 6.45) is 14.5. The van der Waals surface area contributed by atoms with Crippen molar-refractivity contribution < 1.29 is 9.59 Å². The van der Waals surface area contributed by atoms with Crippen LogP contribution in [0.4, 0.5) is 4.79 Å². The maximum Gasteiger partial charge on any atom is 0.329 e. The number of hydrogen-bond acceptors (Lipinski definition) is 4. The van der Waals surface area contributed by atoms with Crippen LogP contribution in [0, 0.1) is 0 Å². The number of nitrogens with zero attached hydrogens (tertiary/aromatic N) is 4. The van der Waals surface area contributed by atoms with Crippen molar-refractivity contribution >= 4 is 11.9 Å². The molecule has 0 atom stereocenters. The van der Waals surface area contributed by atoms with Gasteiger partial charge >= 0.3 is 6.03 Å². The van der Waals surface area contributed by atoms with Gasteiger partial charge in [0.05, 0.1) is 13.3 Å². The number of unbranched alkanes of at least 4 members (excludes halogenated alkanes) is 6. The number of hydrogen-bond donors (Lipinski definition) is 0. The Morgan fingerprint density at radius 1 is 0.767 bits per heavy atom. The van der Waals surface area contributed by atoms with Crippen LogP contribution in [0.3, 0.4) is 0 Å². The van der Waals surface area contributed by atoms with Crippen molar-refractivity contribution in [1.29, 1.82) is 0 Å². The van der Waals surface area contributed by atoms with Gasteiger partial charge in [0.25, 0.3) is 5.91 Å². The third kappa shape index (κ3) is 6.43. The highest BCUT2D eigenvalue weighted by molar-refractivity contribution is 6.07. The zero-order valence-corrected chi connectivity index (χ0v) is 20.1. The van der Waals surface area contributed by atoms with Gasteiger partial charge in [-0.1, -0.05) is 71.6 Å². The average Bonchev–Trinajstić information content (AvgIpc) is 2.91. The first kappa shape index (κ1) is 25.1. The lowest BCUT2D eigenvalue weighted by atomic mass is 9.80. The molecule has 1 spiro atoms. The Balaban J connectivity index is 2.01. The van der Waals surface area contributed by atoms with Gasteiger partial charge in [-0.3, -0.25) is 19.5 Å². The Morgan fingerprint density at radius 2 is 1.30 bits per heavy atom. The van der Waals surface area contributed by atoms with Gasteiger partial charge in [-0.05, 0) is 52.9 Å². The lowest BCUT2D eigenvalue weighted by Gasteiger charge is -2.39. The number of carbonyl (C=O) groups is 2. The Morgan fingerprint density at radius 3 is 1.83 bits per heavy atom. The van der Waals surface area contributed by atoms with Crippen molar-refractivity contribution in [2.45, 2.75) is 103 Å². The second-order valence-electron chi connectivity index (χ2n) is 9.60. The molecule has 6 heteroatoms. The monoisotopic (exact) mass is 422 g/mol. The maximum atomic E-state index is 13.5. The van der Waals surface area contributed by atoms with Gasteiger partial charge in [-0.15, -0.1) is 0 Å². The lowest BCUT2D eigenvalue weighted by Crippen LogP contribution is -2.54. The van der Waals surface area contributed by atoms with Gasteiger partial charge in [0, 0.05) is 0 Å². The fourth-order valence-electron chi connectivity index (χ4n) is 4.96. The fraction of sp³-hybridized carbons (Fsp3) is 0.917. The molecule has 2 aliphatic rings. The van der Waals surface area contributed by atoms with Gasteiger partial charge in [0.15, 0.2) is 0 Å². The van der Waals surface area contributed by atoms with E-state index < -0.39 is 5.54 Å². The minimum absolute atomic E-state index is 0.0481. The summed E-state index contributed by atoms with van der Waals surface area (Å²) < 4.78 is 0. The molecule has 2 rings (SSSR count). The predicted molar refractivity (Wildman–Crippen MR) is 123 cm³/mol. The molecule has 1 saturated heterocycles. The van der Waals surface area contributed by atoms with E-state index in [2.05, 4.69) is 30.7 Å². The number of rotatable bonds is 14. The molecule has 174 valence electrons. The van der Waals surface area contributed by atoms with Crippen LogP contribution >= 0.6 is 0 Å². The predicted octanol–water partition coefficient (Wildman–Crippen LogP) is 4.89. The molecule has 1 aliphatic carbocycles. The quantitative estimate of drug-likeness (QED) is 0.295. The summed E-state index contributed by atoms with van der Waals surface area (Å²) in [6, 6.07) is -0.0808. The normalized spacial score (nSPS) is 19.1. The standard InChI is InChI=1S/C24H46N4O2/c1-5-7-9-14-18-25(3)20-27-22(29)24(16-12-11-13-17-24)28(23(27)30)21-26(4)19-15-10-8-6-2/h5-21H2,1-4H3. The van der Waals surface area contributed by atoms with Gasteiger partial charge in [0.2, 0.25) is 0 Å². The summed E-state index contributed by atoms with van der Waals surface area (Å²) in [6.45, 7) is 7.33. The fourth-order valence-corrected chi connectivity index (χ4v) is 4.96. The van der Waals surface area contributed by atoms with Crippen molar-refractivity contribution in [3.05, 3.63) is 0 Å². The number of amides is 3. The van der Waals surface area contributed by atoms with Gasteiger partial charge in [-0.2, -0.15) is 0 Å². The van der Waals surface area contributed by atoms with Crippen molar-refractivity contribution in [2.24, 2.45) is 0 Å². The zero-order chi connectivity index (χ0) is 22.0. The van der Waals surface area contributed by atoms with E-state index in [-0.39, 0.29) is 11.9 Å². The molecule has 0 unspecified atom stereocenters. The number of imide groups is 1. The molecule has 6 nitrogen and oxygen atoms in total. The molecule has 1 aliphatic heterocycles. The summed E-state index contributed by atoms with van der Waals surface area (Å²) >= 11 is 0. The molecular weight excluding hydrogens is 376 g/mol. The Kier molecular flexibility index (Phi) is 10.6. The highest BCUT2D eigenvalue weighted by atomic mass is 16.2. The summed E-state index contributed by atoms with van der Waals surface area (Å²) in [5, 5.41) is 0. The first-order valence-corrected chi connectivity index (χ1v) is 12.5. The van der Waals surface area contributed by atoms with Crippen molar-refractivity contribution in [3.63, 3.8) is 0 Å². The first-order chi connectivity index (χ1) is 14.5. The molecule has 2 fully saturated rings. The molecule has 0 N–H and O–H groups in total. The molecule has 3 amide bonds. The van der Waals surface area contributed by atoms with Crippen LogP contribution < -0.4 is 0 Å². The van der Waals surface area contributed by atoms with Gasteiger partial charge in [-0.25, -0.2) is 9.69 Å². The van der Waals surface area contributed by atoms with E-state index in [0.29, 0.717) is 13.3 Å². The molecule has 0 radical (unpaired) electrons. The van der Waals surface area contributed by atoms with E-state index in [9.17, 15) is 9.59 Å². The van der Waals surface area contributed by atoms with Gasteiger partial charge < -0.3 is 0 Å². The van der Waals surface area contributed by atoms with Crippen LogP contribution in [0.2, 0.25) is 0 Å². The van der Waals surface area contributed by atoms with Crippen molar-refractivity contribution in [3.8, 4) is 0 Å². The molecule has 0 aromatic rings. The maximum absolute atomic E-state index is 13.5. The van der Waals surface area contributed by atoms with Crippen LogP contribution in [0.15, 0.2) is 0 Å². The summed E-state index contributed by atoms with van der Waals surface area (Å²) in [5.41, 5.74) is -0.601. The average molecular weight is 423 g/mol. The van der Waals surface area contributed by atoms with Crippen molar-refractivity contribution in [2.75, 3.05) is 40.5 Å². The molecule has 0 aromatic carbocycles. The van der Waals surface area contributed by atoms with E-state index in [0.717, 1.165) is 51.6 Å².